The zero-order valence-electron chi connectivity index (χ0n) is 7.79. The Bertz CT molecular complexity index is 395. The molecule has 0 aliphatic heterocycles. The third-order valence-corrected chi connectivity index (χ3v) is 1.73. The van der Waals surface area contributed by atoms with Crippen LogP contribution in [0.3, 0.4) is 0 Å². The topological polar surface area (TPSA) is 52.3 Å². The van der Waals surface area contributed by atoms with Gasteiger partial charge in [-0.1, -0.05) is 6.07 Å². The number of rotatable bonds is 4. The van der Waals surface area contributed by atoms with Gasteiger partial charge in [0.25, 0.3) is 0 Å². The number of ether oxygens (including phenoxy) is 1. The minimum atomic E-state index is -4.64. The molecule has 0 aromatic heterocycles. The van der Waals surface area contributed by atoms with E-state index in [1.807, 2.05) is 0 Å². The summed E-state index contributed by atoms with van der Waals surface area (Å²) in [6.45, 7) is 0. The monoisotopic (exact) mass is 237 g/mol. The molecule has 0 aliphatic rings. The fraction of sp³-hybridized carbons (Fsp3) is 0.222. The molecule has 0 fully saturated rings. The first-order valence-corrected chi connectivity index (χ1v) is 4.07. The van der Waals surface area contributed by atoms with E-state index in [1.54, 1.807) is 0 Å². The Morgan fingerprint density at radius 2 is 2.00 bits per heavy atom. The molecule has 0 heterocycles. The van der Waals surface area contributed by atoms with E-state index in [-0.39, 0.29) is 5.56 Å². The van der Waals surface area contributed by atoms with Crippen LogP contribution in [0.4, 0.5) is 23.2 Å². The average molecular weight is 237 g/mol. The highest BCUT2D eigenvalue weighted by Crippen LogP contribution is 2.32. The summed E-state index contributed by atoms with van der Waals surface area (Å²) >= 11 is 0. The minimum Gasteiger partial charge on any atom is -0.426 e. The predicted octanol–water partition coefficient (Wildman–Crippen LogP) is 2.32. The molecular weight excluding hydrogens is 230 g/mol. The molecule has 7 heteroatoms. The number of nitrogen functional groups attached to an aromatic ring is 1. The maximum Gasteiger partial charge on any atom is 0.461 e. The van der Waals surface area contributed by atoms with Crippen LogP contribution in [0.1, 0.15) is 10.4 Å². The first kappa shape index (κ1) is 12.3. The van der Waals surface area contributed by atoms with Gasteiger partial charge in [-0.15, -0.1) is 0 Å². The fourth-order valence-electron chi connectivity index (χ4n) is 0.944. The molecule has 0 unspecified atom stereocenters. The van der Waals surface area contributed by atoms with Crippen molar-refractivity contribution in [2.75, 3.05) is 5.73 Å². The van der Waals surface area contributed by atoms with Crippen LogP contribution in [0.2, 0.25) is 0 Å². The second kappa shape index (κ2) is 4.38. The van der Waals surface area contributed by atoms with Crippen molar-refractivity contribution in [2.45, 2.75) is 12.5 Å². The molecule has 1 rings (SSSR count). The number of benzene rings is 1. The summed E-state index contributed by atoms with van der Waals surface area (Å²) in [7, 11) is 0. The quantitative estimate of drug-likeness (QED) is 0.496. The van der Waals surface area contributed by atoms with E-state index in [4.69, 9.17) is 5.73 Å². The van der Waals surface area contributed by atoms with Crippen LogP contribution in [0, 0.1) is 0 Å². The maximum atomic E-state index is 12.5. The number of halogens is 4. The summed E-state index contributed by atoms with van der Waals surface area (Å²) in [5.74, 6) is -0.657. The molecule has 16 heavy (non-hydrogen) atoms. The van der Waals surface area contributed by atoms with Gasteiger partial charge in [0.1, 0.15) is 5.75 Å². The Morgan fingerprint density at radius 1 is 1.38 bits per heavy atom. The molecule has 1 aromatic carbocycles. The van der Waals surface area contributed by atoms with Crippen molar-refractivity contribution in [3.05, 3.63) is 23.8 Å². The van der Waals surface area contributed by atoms with E-state index in [1.165, 1.54) is 12.1 Å². The van der Waals surface area contributed by atoms with Gasteiger partial charge in [-0.2, -0.15) is 17.6 Å². The second-order valence-electron chi connectivity index (χ2n) is 2.84. The van der Waals surface area contributed by atoms with Gasteiger partial charge in [0.05, 0.1) is 5.69 Å². The first-order valence-electron chi connectivity index (χ1n) is 4.07. The third kappa shape index (κ3) is 2.41. The van der Waals surface area contributed by atoms with Crippen LogP contribution in [-0.2, 0) is 0 Å². The van der Waals surface area contributed by atoms with Gasteiger partial charge in [-0.05, 0) is 12.1 Å². The number of anilines is 1. The number of para-hydroxylation sites is 1. The lowest BCUT2D eigenvalue weighted by Gasteiger charge is -2.18. The van der Waals surface area contributed by atoms with Gasteiger partial charge in [0, 0.05) is 5.56 Å². The zero-order valence-corrected chi connectivity index (χ0v) is 7.79. The summed E-state index contributed by atoms with van der Waals surface area (Å²) in [6.07, 6.45) is -8.31. The smallest absolute Gasteiger partial charge is 0.426 e. The normalized spacial score (nSPS) is 11.6. The van der Waals surface area contributed by atoms with E-state index in [0.29, 0.717) is 6.29 Å². The van der Waals surface area contributed by atoms with Crippen LogP contribution < -0.4 is 10.5 Å². The van der Waals surface area contributed by atoms with Gasteiger partial charge in [0.15, 0.2) is 6.29 Å². The lowest BCUT2D eigenvalue weighted by molar-refractivity contribution is -0.252. The molecule has 0 atom stereocenters. The van der Waals surface area contributed by atoms with Crippen molar-refractivity contribution in [2.24, 2.45) is 0 Å². The molecule has 1 aromatic rings. The maximum absolute atomic E-state index is 12.5. The minimum absolute atomic E-state index is 0.109. The summed E-state index contributed by atoms with van der Waals surface area (Å²) in [4.78, 5) is 10.4. The molecule has 0 radical (unpaired) electrons. The SMILES string of the molecule is Nc1c(C=O)cccc1OC(F)(F)C(F)F. The molecule has 0 saturated heterocycles. The molecular formula is C9H7F4NO2. The van der Waals surface area contributed by atoms with Crippen LogP contribution in [0.15, 0.2) is 18.2 Å². The molecule has 0 bridgehead atoms. The Labute approximate surface area is 87.8 Å². The van der Waals surface area contributed by atoms with Crippen molar-refractivity contribution in [1.29, 1.82) is 0 Å². The number of carbonyl (C=O) groups is 1. The van der Waals surface area contributed by atoms with Crippen molar-refractivity contribution >= 4 is 12.0 Å². The number of alkyl halides is 4. The largest absolute Gasteiger partial charge is 0.461 e. The van der Waals surface area contributed by atoms with Crippen molar-refractivity contribution in [3.8, 4) is 5.75 Å². The predicted molar refractivity (Wildman–Crippen MR) is 47.8 cm³/mol. The summed E-state index contributed by atoms with van der Waals surface area (Å²) in [5, 5.41) is 0. The molecule has 88 valence electrons. The summed E-state index contributed by atoms with van der Waals surface area (Å²) < 4.78 is 52.5. The van der Waals surface area contributed by atoms with Crippen molar-refractivity contribution in [3.63, 3.8) is 0 Å². The van der Waals surface area contributed by atoms with E-state index < -0.39 is 24.0 Å². The van der Waals surface area contributed by atoms with Gasteiger partial charge in [0.2, 0.25) is 0 Å². The number of aldehydes is 1. The van der Waals surface area contributed by atoms with Gasteiger partial charge >= 0.3 is 12.5 Å². The Morgan fingerprint density at radius 3 is 2.50 bits per heavy atom. The summed E-state index contributed by atoms with van der Waals surface area (Å²) in [5.41, 5.74) is 4.75. The fourth-order valence-corrected chi connectivity index (χ4v) is 0.944. The number of nitrogens with two attached hydrogens (primary N) is 1. The van der Waals surface area contributed by atoms with E-state index in [0.717, 1.165) is 6.07 Å². The molecule has 0 amide bonds. The Kier molecular flexibility index (Phi) is 3.36. The molecule has 3 nitrogen and oxygen atoms in total. The average Bonchev–Trinajstić information content (AvgIpc) is 2.20. The highest BCUT2D eigenvalue weighted by Gasteiger charge is 2.44. The number of hydrogen-bond acceptors (Lipinski definition) is 3. The lowest BCUT2D eigenvalue weighted by atomic mass is 10.2. The Balaban J connectivity index is 3.02. The number of carbonyl (C=O) groups excluding carboxylic acids is 1. The second-order valence-corrected chi connectivity index (χ2v) is 2.84. The van der Waals surface area contributed by atoms with Crippen LogP contribution >= 0.6 is 0 Å². The highest BCUT2D eigenvalue weighted by atomic mass is 19.3. The molecule has 0 spiro atoms. The standard InChI is InChI=1S/C9H7F4NO2/c10-8(11)9(12,13)16-6-3-1-2-5(4-15)7(6)14/h1-4,8H,14H2. The van der Waals surface area contributed by atoms with Gasteiger partial charge in [-0.25, -0.2) is 0 Å². The molecule has 0 saturated carbocycles. The molecule has 0 aliphatic carbocycles. The van der Waals surface area contributed by atoms with Crippen LogP contribution in [0.25, 0.3) is 0 Å². The number of hydrogen-bond donors (Lipinski definition) is 1. The van der Waals surface area contributed by atoms with E-state index in [9.17, 15) is 22.4 Å². The Hall–Kier alpha value is -1.79. The van der Waals surface area contributed by atoms with Crippen molar-refractivity contribution in [1.82, 2.24) is 0 Å². The summed E-state index contributed by atoms with van der Waals surface area (Å²) in [6, 6.07) is 3.41. The van der Waals surface area contributed by atoms with E-state index >= 15 is 0 Å². The zero-order chi connectivity index (χ0) is 12.3. The van der Waals surface area contributed by atoms with Crippen molar-refractivity contribution < 1.29 is 27.1 Å². The lowest BCUT2D eigenvalue weighted by Crippen LogP contribution is -2.33. The van der Waals surface area contributed by atoms with Crippen LogP contribution in [0.5, 0.6) is 5.75 Å². The van der Waals surface area contributed by atoms with Gasteiger partial charge < -0.3 is 10.5 Å². The highest BCUT2D eigenvalue weighted by molar-refractivity contribution is 5.85. The van der Waals surface area contributed by atoms with Gasteiger partial charge in [-0.3, -0.25) is 4.79 Å². The van der Waals surface area contributed by atoms with Crippen LogP contribution in [-0.4, -0.2) is 18.8 Å². The van der Waals surface area contributed by atoms with E-state index in [2.05, 4.69) is 4.74 Å². The third-order valence-electron chi connectivity index (χ3n) is 1.73. The molecule has 2 N–H and O–H groups in total. The first-order chi connectivity index (χ1) is 7.38.